The number of morpholine rings is 1. The smallest absolute Gasteiger partial charge is 0.264 e. The summed E-state index contributed by atoms with van der Waals surface area (Å²) < 4.78 is 16.1. The molecule has 1 atom stereocenters. The average Bonchev–Trinajstić information content (AvgIpc) is 2.95. The van der Waals surface area contributed by atoms with E-state index in [9.17, 15) is 0 Å². The fourth-order valence-corrected chi connectivity index (χ4v) is 2.08. The van der Waals surface area contributed by atoms with Crippen LogP contribution < -0.4 is 10.1 Å². The number of hydrogen-bond acceptors (Lipinski definition) is 6. The molecule has 1 aromatic carbocycles. The average molecular weight is 296 g/mol. The molecule has 0 amide bonds. The van der Waals surface area contributed by atoms with Gasteiger partial charge in [0.1, 0.15) is 5.75 Å². The Labute approximate surface area is 121 Å². The zero-order valence-corrected chi connectivity index (χ0v) is 11.5. The molecular weight excluding hydrogens is 282 g/mol. The topological polar surface area (TPSA) is 69.4 Å². The summed E-state index contributed by atoms with van der Waals surface area (Å²) in [5, 5.41) is 7.82. The first-order valence-electron chi connectivity index (χ1n) is 6.33. The Morgan fingerprint density at radius 3 is 3.20 bits per heavy atom. The van der Waals surface area contributed by atoms with E-state index in [1.807, 2.05) is 12.1 Å². The van der Waals surface area contributed by atoms with Crippen molar-refractivity contribution in [3.8, 4) is 5.75 Å². The zero-order chi connectivity index (χ0) is 13.8. The number of rotatable bonds is 4. The minimum absolute atomic E-state index is 0.0209. The van der Waals surface area contributed by atoms with Crippen LogP contribution in [0, 0.1) is 0 Å². The molecule has 2 heterocycles. The van der Waals surface area contributed by atoms with Crippen molar-refractivity contribution in [2.45, 2.75) is 12.6 Å². The summed E-state index contributed by atoms with van der Waals surface area (Å²) in [5.41, 5.74) is 0. The second kappa shape index (κ2) is 6.21. The molecule has 1 aromatic heterocycles. The lowest BCUT2D eigenvalue weighted by Gasteiger charge is -2.20. The third-order valence-electron chi connectivity index (χ3n) is 2.88. The molecule has 7 heteroatoms. The minimum atomic E-state index is -0.0209. The standard InChI is InChI=1S/C13H14ClN3O3/c14-9-2-1-3-10(6-9)19-8-12-16-13(17-20-12)11-7-18-5-4-15-11/h1-3,6,11,15H,4-5,7-8H2. The maximum absolute atomic E-state index is 5.88. The second-order valence-corrected chi connectivity index (χ2v) is 4.81. The van der Waals surface area contributed by atoms with Crippen LogP contribution in [-0.4, -0.2) is 29.9 Å². The van der Waals surface area contributed by atoms with Crippen LogP contribution in [0.4, 0.5) is 0 Å². The van der Waals surface area contributed by atoms with Crippen molar-refractivity contribution in [3.63, 3.8) is 0 Å². The van der Waals surface area contributed by atoms with Gasteiger partial charge in [-0.1, -0.05) is 22.8 Å². The number of nitrogens with zero attached hydrogens (tertiary/aromatic N) is 2. The third kappa shape index (κ3) is 3.27. The highest BCUT2D eigenvalue weighted by molar-refractivity contribution is 6.30. The summed E-state index contributed by atoms with van der Waals surface area (Å²) in [6, 6.07) is 7.14. The summed E-state index contributed by atoms with van der Waals surface area (Å²) in [6.07, 6.45) is 0. The molecule has 1 aliphatic rings. The van der Waals surface area contributed by atoms with Crippen LogP contribution in [0.15, 0.2) is 28.8 Å². The van der Waals surface area contributed by atoms with E-state index in [0.29, 0.717) is 35.7 Å². The SMILES string of the molecule is Clc1cccc(OCc2nc(C3COCCN3)no2)c1. The molecule has 2 aromatic rings. The highest BCUT2D eigenvalue weighted by atomic mass is 35.5. The molecule has 20 heavy (non-hydrogen) atoms. The van der Waals surface area contributed by atoms with Crippen LogP contribution in [0.2, 0.25) is 5.02 Å². The van der Waals surface area contributed by atoms with Gasteiger partial charge in [0.15, 0.2) is 12.4 Å². The largest absolute Gasteiger partial charge is 0.484 e. The van der Waals surface area contributed by atoms with Crippen molar-refractivity contribution in [2.75, 3.05) is 19.8 Å². The van der Waals surface area contributed by atoms with E-state index < -0.39 is 0 Å². The molecule has 106 valence electrons. The predicted octanol–water partition coefficient (Wildman–Crippen LogP) is 1.96. The molecule has 0 saturated carbocycles. The maximum Gasteiger partial charge on any atom is 0.264 e. The van der Waals surface area contributed by atoms with Gasteiger partial charge < -0.3 is 19.3 Å². The highest BCUT2D eigenvalue weighted by Crippen LogP contribution is 2.18. The Balaban J connectivity index is 1.59. The van der Waals surface area contributed by atoms with Gasteiger partial charge in [-0.25, -0.2) is 0 Å². The van der Waals surface area contributed by atoms with Crippen molar-refractivity contribution < 1.29 is 14.0 Å². The lowest BCUT2D eigenvalue weighted by atomic mass is 10.2. The van der Waals surface area contributed by atoms with Gasteiger partial charge in [-0.3, -0.25) is 0 Å². The molecule has 0 spiro atoms. The Kier molecular flexibility index (Phi) is 4.15. The van der Waals surface area contributed by atoms with Crippen LogP contribution in [0.3, 0.4) is 0 Å². The molecule has 0 bridgehead atoms. The molecule has 1 fully saturated rings. The van der Waals surface area contributed by atoms with Gasteiger partial charge >= 0.3 is 0 Å². The summed E-state index contributed by atoms with van der Waals surface area (Å²) in [6.45, 7) is 2.25. The molecule has 1 saturated heterocycles. The van der Waals surface area contributed by atoms with Gasteiger partial charge in [-0.15, -0.1) is 0 Å². The van der Waals surface area contributed by atoms with E-state index >= 15 is 0 Å². The van der Waals surface area contributed by atoms with Crippen LogP contribution >= 0.6 is 11.6 Å². The Hall–Kier alpha value is -1.63. The van der Waals surface area contributed by atoms with Crippen molar-refractivity contribution in [1.82, 2.24) is 15.5 Å². The summed E-state index contributed by atoms with van der Waals surface area (Å²) in [7, 11) is 0. The minimum Gasteiger partial charge on any atom is -0.484 e. The number of benzene rings is 1. The first-order chi connectivity index (χ1) is 9.81. The Morgan fingerprint density at radius 1 is 1.45 bits per heavy atom. The fourth-order valence-electron chi connectivity index (χ4n) is 1.90. The Bertz CT molecular complexity index is 569. The second-order valence-electron chi connectivity index (χ2n) is 4.37. The van der Waals surface area contributed by atoms with Crippen molar-refractivity contribution in [1.29, 1.82) is 0 Å². The fraction of sp³-hybridized carbons (Fsp3) is 0.385. The van der Waals surface area contributed by atoms with Gasteiger partial charge in [-0.05, 0) is 18.2 Å². The lowest BCUT2D eigenvalue weighted by molar-refractivity contribution is 0.0734. The van der Waals surface area contributed by atoms with E-state index in [-0.39, 0.29) is 12.6 Å². The molecule has 1 unspecified atom stereocenters. The predicted molar refractivity (Wildman–Crippen MR) is 71.6 cm³/mol. The van der Waals surface area contributed by atoms with E-state index in [4.69, 9.17) is 25.6 Å². The molecular formula is C13H14ClN3O3. The van der Waals surface area contributed by atoms with Crippen LogP contribution in [0.25, 0.3) is 0 Å². The zero-order valence-electron chi connectivity index (χ0n) is 10.7. The quantitative estimate of drug-likeness (QED) is 0.930. The van der Waals surface area contributed by atoms with Crippen LogP contribution in [-0.2, 0) is 11.3 Å². The van der Waals surface area contributed by atoms with Crippen molar-refractivity contribution in [3.05, 3.63) is 41.0 Å². The van der Waals surface area contributed by atoms with Crippen LogP contribution in [0.1, 0.15) is 17.8 Å². The number of ether oxygens (including phenoxy) is 2. The summed E-state index contributed by atoms with van der Waals surface area (Å²) >= 11 is 5.88. The van der Waals surface area contributed by atoms with E-state index in [1.54, 1.807) is 12.1 Å². The van der Waals surface area contributed by atoms with Gasteiger partial charge in [0.05, 0.1) is 19.3 Å². The van der Waals surface area contributed by atoms with Gasteiger partial charge in [0, 0.05) is 11.6 Å². The number of halogens is 1. The van der Waals surface area contributed by atoms with Crippen molar-refractivity contribution in [2.24, 2.45) is 0 Å². The first-order valence-corrected chi connectivity index (χ1v) is 6.71. The molecule has 3 rings (SSSR count). The third-order valence-corrected chi connectivity index (χ3v) is 3.11. The Morgan fingerprint density at radius 2 is 2.40 bits per heavy atom. The first kappa shape index (κ1) is 13.4. The number of hydrogen-bond donors (Lipinski definition) is 1. The molecule has 1 N–H and O–H groups in total. The van der Waals surface area contributed by atoms with Crippen LogP contribution in [0.5, 0.6) is 5.75 Å². The maximum atomic E-state index is 5.88. The highest BCUT2D eigenvalue weighted by Gasteiger charge is 2.20. The van der Waals surface area contributed by atoms with Gasteiger partial charge in [-0.2, -0.15) is 4.98 Å². The van der Waals surface area contributed by atoms with Gasteiger partial charge in [0.25, 0.3) is 5.89 Å². The number of aromatic nitrogens is 2. The van der Waals surface area contributed by atoms with E-state index in [2.05, 4.69) is 15.5 Å². The lowest BCUT2D eigenvalue weighted by Crippen LogP contribution is -2.35. The summed E-state index contributed by atoms with van der Waals surface area (Å²) in [4.78, 5) is 4.29. The van der Waals surface area contributed by atoms with Gasteiger partial charge in [0.2, 0.25) is 0 Å². The van der Waals surface area contributed by atoms with Crippen molar-refractivity contribution >= 4 is 11.6 Å². The molecule has 1 aliphatic heterocycles. The van der Waals surface area contributed by atoms with E-state index in [0.717, 1.165) is 6.54 Å². The molecule has 0 radical (unpaired) electrons. The summed E-state index contributed by atoms with van der Waals surface area (Å²) in [5.74, 6) is 1.68. The monoisotopic (exact) mass is 295 g/mol. The van der Waals surface area contributed by atoms with E-state index in [1.165, 1.54) is 0 Å². The molecule has 6 nitrogen and oxygen atoms in total. The normalized spacial score (nSPS) is 18.9. The molecule has 0 aliphatic carbocycles. The number of nitrogens with one attached hydrogen (secondary N) is 1.